The van der Waals surface area contributed by atoms with Gasteiger partial charge in [0.15, 0.2) is 0 Å². The lowest BCUT2D eigenvalue weighted by Gasteiger charge is -2.31. The van der Waals surface area contributed by atoms with E-state index in [1.807, 2.05) is 0 Å². The second-order valence-corrected chi connectivity index (χ2v) is 3.05. The van der Waals surface area contributed by atoms with Crippen molar-refractivity contribution in [3.05, 3.63) is 0 Å². The molecule has 1 heterocycles. The summed E-state index contributed by atoms with van der Waals surface area (Å²) in [6.07, 6.45) is 1.12. The highest BCUT2D eigenvalue weighted by Crippen LogP contribution is 2.11. The zero-order valence-electron chi connectivity index (χ0n) is 5.88. The Labute approximate surface area is 56.0 Å². The molecule has 0 saturated carbocycles. The summed E-state index contributed by atoms with van der Waals surface area (Å²) >= 11 is 0. The van der Waals surface area contributed by atoms with Gasteiger partial charge >= 0.3 is 0 Å². The van der Waals surface area contributed by atoms with E-state index in [9.17, 15) is 0 Å². The van der Waals surface area contributed by atoms with Gasteiger partial charge in [-0.1, -0.05) is 6.92 Å². The van der Waals surface area contributed by atoms with E-state index in [0.29, 0.717) is 12.0 Å². The minimum absolute atomic E-state index is 0.291. The summed E-state index contributed by atoms with van der Waals surface area (Å²) < 4.78 is 0. The average Bonchev–Trinajstić information content (AvgIpc) is 1.59. The van der Waals surface area contributed by atoms with Crippen LogP contribution in [0, 0.1) is 5.92 Å². The first-order valence-corrected chi connectivity index (χ1v) is 3.43. The van der Waals surface area contributed by atoms with Crippen molar-refractivity contribution in [1.82, 2.24) is 5.01 Å². The van der Waals surface area contributed by atoms with Crippen LogP contribution < -0.4 is 11.6 Å². The van der Waals surface area contributed by atoms with Gasteiger partial charge in [-0.2, -0.15) is 0 Å². The van der Waals surface area contributed by atoms with E-state index in [2.05, 4.69) is 6.92 Å². The van der Waals surface area contributed by atoms with Gasteiger partial charge in [-0.15, -0.1) is 0 Å². The molecule has 3 heteroatoms. The molecule has 4 N–H and O–H groups in total. The first-order valence-electron chi connectivity index (χ1n) is 3.43. The standard InChI is InChI=1S/C6H15N3/c1-5-2-6(7)4-9(8)3-5/h5-6H,2-4,7-8H2,1H3. The molecule has 0 aliphatic carbocycles. The average molecular weight is 129 g/mol. The van der Waals surface area contributed by atoms with E-state index < -0.39 is 0 Å². The minimum atomic E-state index is 0.291. The Morgan fingerprint density at radius 2 is 2.11 bits per heavy atom. The van der Waals surface area contributed by atoms with Crippen molar-refractivity contribution in [2.75, 3.05) is 13.1 Å². The Balaban J connectivity index is 2.34. The monoisotopic (exact) mass is 129 g/mol. The highest BCUT2D eigenvalue weighted by Gasteiger charge is 2.18. The van der Waals surface area contributed by atoms with Gasteiger partial charge in [0, 0.05) is 19.1 Å². The third-order valence-corrected chi connectivity index (χ3v) is 1.72. The number of hydrazine groups is 1. The van der Waals surface area contributed by atoms with Crippen LogP contribution in [0.25, 0.3) is 0 Å². The van der Waals surface area contributed by atoms with Crippen molar-refractivity contribution in [2.24, 2.45) is 17.5 Å². The van der Waals surface area contributed by atoms with Crippen molar-refractivity contribution in [1.29, 1.82) is 0 Å². The molecule has 1 saturated heterocycles. The molecule has 2 unspecified atom stereocenters. The summed E-state index contributed by atoms with van der Waals surface area (Å²) in [5, 5.41) is 1.80. The summed E-state index contributed by atoms with van der Waals surface area (Å²) in [5.74, 6) is 6.23. The van der Waals surface area contributed by atoms with E-state index >= 15 is 0 Å². The number of hydrogen-bond donors (Lipinski definition) is 2. The summed E-state index contributed by atoms with van der Waals surface area (Å²) in [7, 11) is 0. The lowest BCUT2D eigenvalue weighted by atomic mass is 9.98. The van der Waals surface area contributed by atoms with Gasteiger partial charge in [0.25, 0.3) is 0 Å². The molecule has 54 valence electrons. The fourth-order valence-corrected chi connectivity index (χ4v) is 1.44. The smallest absolute Gasteiger partial charge is 0.0280 e. The maximum absolute atomic E-state index is 5.69. The fraction of sp³-hybridized carbons (Fsp3) is 1.00. The second kappa shape index (κ2) is 2.64. The molecule has 0 radical (unpaired) electrons. The van der Waals surface area contributed by atoms with Gasteiger partial charge in [-0.3, -0.25) is 5.84 Å². The molecule has 1 aliphatic rings. The second-order valence-electron chi connectivity index (χ2n) is 3.05. The van der Waals surface area contributed by atoms with Gasteiger partial charge in [-0.05, 0) is 12.3 Å². The van der Waals surface area contributed by atoms with Gasteiger partial charge in [0.2, 0.25) is 0 Å². The SMILES string of the molecule is CC1CC(N)CN(N)C1. The fourth-order valence-electron chi connectivity index (χ4n) is 1.44. The van der Waals surface area contributed by atoms with Crippen LogP contribution in [0.4, 0.5) is 0 Å². The number of rotatable bonds is 0. The molecule has 3 nitrogen and oxygen atoms in total. The number of hydrogen-bond acceptors (Lipinski definition) is 3. The lowest BCUT2D eigenvalue weighted by Crippen LogP contribution is -2.49. The van der Waals surface area contributed by atoms with Gasteiger partial charge in [0.05, 0.1) is 0 Å². The normalized spacial score (nSPS) is 39.0. The van der Waals surface area contributed by atoms with Crippen molar-refractivity contribution in [3.63, 3.8) is 0 Å². The third-order valence-electron chi connectivity index (χ3n) is 1.72. The van der Waals surface area contributed by atoms with E-state index in [1.165, 1.54) is 0 Å². The molecule has 0 spiro atoms. The number of piperidine rings is 1. The van der Waals surface area contributed by atoms with Gasteiger partial charge < -0.3 is 5.73 Å². The first kappa shape index (κ1) is 6.99. The molecule has 0 bridgehead atoms. The van der Waals surface area contributed by atoms with Crippen molar-refractivity contribution >= 4 is 0 Å². The quantitative estimate of drug-likeness (QED) is 0.435. The molecule has 2 atom stereocenters. The minimum Gasteiger partial charge on any atom is -0.326 e. The van der Waals surface area contributed by atoms with Gasteiger partial charge in [0.1, 0.15) is 0 Å². The van der Waals surface area contributed by atoms with Crippen LogP contribution in [0.3, 0.4) is 0 Å². The molecule has 9 heavy (non-hydrogen) atoms. The van der Waals surface area contributed by atoms with Crippen molar-refractivity contribution in [3.8, 4) is 0 Å². The molecule has 1 fully saturated rings. The predicted octanol–water partition coefficient (Wildman–Crippen LogP) is -0.471. The predicted molar refractivity (Wildman–Crippen MR) is 37.5 cm³/mol. The van der Waals surface area contributed by atoms with Crippen LogP contribution in [-0.4, -0.2) is 24.1 Å². The van der Waals surface area contributed by atoms with Crippen molar-refractivity contribution < 1.29 is 0 Å². The van der Waals surface area contributed by atoms with E-state index in [1.54, 1.807) is 5.01 Å². The van der Waals surface area contributed by atoms with Crippen molar-refractivity contribution in [2.45, 2.75) is 19.4 Å². The van der Waals surface area contributed by atoms with E-state index in [0.717, 1.165) is 19.5 Å². The Kier molecular flexibility index (Phi) is 2.05. The zero-order valence-corrected chi connectivity index (χ0v) is 5.88. The highest BCUT2D eigenvalue weighted by atomic mass is 15.4. The highest BCUT2D eigenvalue weighted by molar-refractivity contribution is 4.75. The van der Waals surface area contributed by atoms with E-state index in [-0.39, 0.29) is 0 Å². The maximum Gasteiger partial charge on any atom is 0.0280 e. The van der Waals surface area contributed by atoms with Gasteiger partial charge in [-0.25, -0.2) is 5.01 Å². The Morgan fingerprint density at radius 3 is 2.56 bits per heavy atom. The van der Waals surface area contributed by atoms with Crippen LogP contribution in [-0.2, 0) is 0 Å². The molecular weight excluding hydrogens is 114 g/mol. The number of nitrogens with two attached hydrogens (primary N) is 2. The summed E-state index contributed by atoms with van der Waals surface area (Å²) in [6, 6.07) is 0.291. The summed E-state index contributed by atoms with van der Waals surface area (Å²) in [5.41, 5.74) is 5.69. The zero-order chi connectivity index (χ0) is 6.85. The van der Waals surface area contributed by atoms with Crippen LogP contribution in [0.1, 0.15) is 13.3 Å². The molecule has 0 aromatic carbocycles. The first-order chi connectivity index (χ1) is 4.18. The Morgan fingerprint density at radius 1 is 1.44 bits per heavy atom. The summed E-state index contributed by atoms with van der Waals surface area (Å²) in [6.45, 7) is 4.02. The van der Waals surface area contributed by atoms with Crippen LogP contribution in [0.2, 0.25) is 0 Å². The molecule has 1 rings (SSSR count). The Hall–Kier alpha value is -0.120. The third kappa shape index (κ3) is 1.93. The molecule has 0 aromatic rings. The molecule has 0 amide bonds. The molecule has 0 aromatic heterocycles. The maximum atomic E-state index is 5.69. The van der Waals surface area contributed by atoms with Crippen LogP contribution >= 0.6 is 0 Å². The summed E-state index contributed by atoms with van der Waals surface area (Å²) in [4.78, 5) is 0. The largest absolute Gasteiger partial charge is 0.326 e. The topological polar surface area (TPSA) is 55.3 Å². The number of nitrogens with zero attached hydrogens (tertiary/aromatic N) is 1. The molecule has 1 aliphatic heterocycles. The van der Waals surface area contributed by atoms with Crippen LogP contribution in [0.5, 0.6) is 0 Å². The van der Waals surface area contributed by atoms with Crippen LogP contribution in [0.15, 0.2) is 0 Å². The Bertz CT molecular complexity index is 69.3. The van der Waals surface area contributed by atoms with E-state index in [4.69, 9.17) is 11.6 Å². The lowest BCUT2D eigenvalue weighted by molar-refractivity contribution is 0.168. The molecular formula is C6H15N3.